The van der Waals surface area contributed by atoms with Crippen molar-refractivity contribution in [1.29, 1.82) is 0 Å². The first-order chi connectivity index (χ1) is 12.9. The Hall–Kier alpha value is -1.80. The Morgan fingerprint density at radius 3 is 2.56 bits per heavy atom. The van der Waals surface area contributed by atoms with E-state index in [4.69, 9.17) is 0 Å². The lowest BCUT2D eigenvalue weighted by atomic mass is 9.95. The number of benzene rings is 1. The highest BCUT2D eigenvalue weighted by molar-refractivity contribution is 7.99. The van der Waals surface area contributed by atoms with Gasteiger partial charge in [0.25, 0.3) is 0 Å². The second-order valence-electron chi connectivity index (χ2n) is 6.86. The molecule has 0 atom stereocenters. The highest BCUT2D eigenvalue weighted by atomic mass is 32.2. The molecule has 1 fully saturated rings. The monoisotopic (exact) mass is 407 g/mol. The number of imidazole rings is 1. The van der Waals surface area contributed by atoms with Gasteiger partial charge in [-0.05, 0) is 37.8 Å². The summed E-state index contributed by atoms with van der Waals surface area (Å²) in [5.41, 5.74) is 0. The van der Waals surface area contributed by atoms with E-state index in [9.17, 15) is 13.2 Å². The van der Waals surface area contributed by atoms with Crippen LogP contribution in [0.3, 0.4) is 0 Å². The number of hydrogen-bond acceptors (Lipinski definition) is 5. The number of sulfone groups is 1. The van der Waals surface area contributed by atoms with Gasteiger partial charge in [0, 0.05) is 37.2 Å². The number of amides is 1. The molecule has 146 valence electrons. The standard InChI is InChI=1S/C19H25N3O3S2/c1-22-13-12-20-19(22)26-16-9-7-15(8-10-16)21-18(23)11-14-27(24,25)17-5-3-2-4-6-17/h2-6,12-13,15-16H,7-11,14H2,1H3,(H,21,23). The van der Waals surface area contributed by atoms with Gasteiger partial charge in [-0.15, -0.1) is 0 Å². The Morgan fingerprint density at radius 2 is 1.93 bits per heavy atom. The van der Waals surface area contributed by atoms with Crippen molar-refractivity contribution in [2.75, 3.05) is 5.75 Å². The van der Waals surface area contributed by atoms with E-state index < -0.39 is 9.84 Å². The van der Waals surface area contributed by atoms with E-state index >= 15 is 0 Å². The Balaban J connectivity index is 1.41. The second kappa shape index (κ2) is 8.93. The molecule has 1 aromatic heterocycles. The van der Waals surface area contributed by atoms with Crippen molar-refractivity contribution in [3.05, 3.63) is 42.7 Å². The largest absolute Gasteiger partial charge is 0.353 e. The van der Waals surface area contributed by atoms with Crippen LogP contribution < -0.4 is 5.32 Å². The van der Waals surface area contributed by atoms with E-state index in [1.165, 1.54) is 0 Å². The number of hydrogen-bond donors (Lipinski definition) is 1. The predicted molar refractivity (Wildman–Crippen MR) is 106 cm³/mol. The third-order valence-corrected chi connectivity index (χ3v) is 7.93. The van der Waals surface area contributed by atoms with E-state index in [1.54, 1.807) is 48.3 Å². The molecule has 0 saturated heterocycles. The number of rotatable bonds is 7. The van der Waals surface area contributed by atoms with Crippen molar-refractivity contribution in [2.45, 2.75) is 53.4 Å². The number of thioether (sulfide) groups is 1. The number of nitrogens with one attached hydrogen (secondary N) is 1. The van der Waals surface area contributed by atoms with Gasteiger partial charge in [0.05, 0.1) is 10.6 Å². The number of aromatic nitrogens is 2. The zero-order chi connectivity index (χ0) is 19.3. The third-order valence-electron chi connectivity index (χ3n) is 4.79. The van der Waals surface area contributed by atoms with E-state index in [2.05, 4.69) is 10.3 Å². The summed E-state index contributed by atoms with van der Waals surface area (Å²) in [5.74, 6) is -0.345. The lowest BCUT2D eigenvalue weighted by Crippen LogP contribution is -2.38. The maximum absolute atomic E-state index is 12.3. The predicted octanol–water partition coefficient (Wildman–Crippen LogP) is 2.80. The average molecular weight is 408 g/mol. The summed E-state index contributed by atoms with van der Waals surface area (Å²) in [4.78, 5) is 16.8. The van der Waals surface area contributed by atoms with Crippen LogP contribution in [0.25, 0.3) is 0 Å². The van der Waals surface area contributed by atoms with Crippen molar-refractivity contribution in [3.8, 4) is 0 Å². The fourth-order valence-electron chi connectivity index (χ4n) is 3.21. The molecule has 2 aromatic rings. The van der Waals surface area contributed by atoms with E-state index in [0.717, 1.165) is 30.8 Å². The maximum atomic E-state index is 12.3. The molecule has 6 nitrogen and oxygen atoms in total. The molecule has 0 bridgehead atoms. The van der Waals surface area contributed by atoms with Gasteiger partial charge in [0.2, 0.25) is 5.91 Å². The van der Waals surface area contributed by atoms with Gasteiger partial charge in [-0.25, -0.2) is 13.4 Å². The summed E-state index contributed by atoms with van der Waals surface area (Å²) in [6.45, 7) is 0. The minimum Gasteiger partial charge on any atom is -0.353 e. The quantitative estimate of drug-likeness (QED) is 0.763. The molecule has 1 aliphatic rings. The summed E-state index contributed by atoms with van der Waals surface area (Å²) in [6.07, 6.45) is 7.61. The molecule has 1 aromatic carbocycles. The molecule has 0 aliphatic heterocycles. The lowest BCUT2D eigenvalue weighted by Gasteiger charge is -2.28. The van der Waals surface area contributed by atoms with E-state index in [-0.39, 0.29) is 29.0 Å². The SMILES string of the molecule is Cn1ccnc1SC1CCC(NC(=O)CCS(=O)(=O)c2ccccc2)CC1. The molecule has 1 saturated carbocycles. The fourth-order valence-corrected chi connectivity index (χ4v) is 5.63. The topological polar surface area (TPSA) is 81.1 Å². The summed E-state index contributed by atoms with van der Waals surface area (Å²) in [6, 6.07) is 8.41. The Labute approximate surface area is 164 Å². The maximum Gasteiger partial charge on any atom is 0.221 e. The van der Waals surface area contributed by atoms with Gasteiger partial charge in [0.15, 0.2) is 15.0 Å². The van der Waals surface area contributed by atoms with Crippen LogP contribution in [0.4, 0.5) is 0 Å². The zero-order valence-electron chi connectivity index (χ0n) is 15.4. The highest BCUT2D eigenvalue weighted by Gasteiger charge is 2.24. The molecule has 3 rings (SSSR count). The zero-order valence-corrected chi connectivity index (χ0v) is 17.0. The van der Waals surface area contributed by atoms with Crippen molar-refractivity contribution < 1.29 is 13.2 Å². The summed E-state index contributed by atoms with van der Waals surface area (Å²) in [5, 5.41) is 4.53. The normalized spacial score (nSPS) is 20.3. The molecule has 0 radical (unpaired) electrons. The van der Waals surface area contributed by atoms with Crippen LogP contribution in [-0.4, -0.2) is 40.9 Å². The van der Waals surface area contributed by atoms with Crippen LogP contribution >= 0.6 is 11.8 Å². The van der Waals surface area contributed by atoms with Gasteiger partial charge in [-0.2, -0.15) is 0 Å². The number of carbonyl (C=O) groups excluding carboxylic acids is 1. The van der Waals surface area contributed by atoms with Crippen molar-refractivity contribution >= 4 is 27.5 Å². The Bertz CT molecular complexity index is 857. The minimum atomic E-state index is -3.41. The number of carbonyl (C=O) groups is 1. The Kier molecular flexibility index (Phi) is 6.59. The van der Waals surface area contributed by atoms with Crippen LogP contribution in [0.5, 0.6) is 0 Å². The summed E-state index contributed by atoms with van der Waals surface area (Å²) >= 11 is 1.79. The molecule has 1 heterocycles. The van der Waals surface area contributed by atoms with Crippen LogP contribution in [0.15, 0.2) is 52.8 Å². The van der Waals surface area contributed by atoms with Crippen molar-refractivity contribution in [1.82, 2.24) is 14.9 Å². The Morgan fingerprint density at radius 1 is 1.22 bits per heavy atom. The number of aryl methyl sites for hydroxylation is 1. The van der Waals surface area contributed by atoms with Gasteiger partial charge in [0.1, 0.15) is 0 Å². The van der Waals surface area contributed by atoms with Crippen molar-refractivity contribution in [3.63, 3.8) is 0 Å². The van der Waals surface area contributed by atoms with Crippen LogP contribution in [-0.2, 0) is 21.7 Å². The highest BCUT2D eigenvalue weighted by Crippen LogP contribution is 2.32. The first-order valence-electron chi connectivity index (χ1n) is 9.15. The molecule has 1 aliphatic carbocycles. The van der Waals surface area contributed by atoms with Gasteiger partial charge < -0.3 is 9.88 Å². The molecule has 8 heteroatoms. The first kappa shape index (κ1) is 19.9. The van der Waals surface area contributed by atoms with Gasteiger partial charge in [-0.3, -0.25) is 4.79 Å². The summed E-state index contributed by atoms with van der Waals surface area (Å²) in [7, 11) is -1.42. The summed E-state index contributed by atoms with van der Waals surface area (Å²) < 4.78 is 26.5. The molecule has 27 heavy (non-hydrogen) atoms. The fraction of sp³-hybridized carbons (Fsp3) is 0.474. The van der Waals surface area contributed by atoms with Crippen LogP contribution in [0.1, 0.15) is 32.1 Å². The van der Waals surface area contributed by atoms with Crippen LogP contribution in [0.2, 0.25) is 0 Å². The second-order valence-corrected chi connectivity index (χ2v) is 10.2. The smallest absolute Gasteiger partial charge is 0.221 e. The van der Waals surface area contributed by atoms with E-state index in [0.29, 0.717) is 5.25 Å². The third kappa shape index (κ3) is 5.59. The molecule has 1 amide bonds. The van der Waals surface area contributed by atoms with Gasteiger partial charge in [-0.1, -0.05) is 30.0 Å². The number of nitrogens with zero attached hydrogens (tertiary/aromatic N) is 2. The first-order valence-corrected chi connectivity index (χ1v) is 11.7. The average Bonchev–Trinajstić information content (AvgIpc) is 3.07. The molecule has 0 unspecified atom stereocenters. The molecule has 1 N–H and O–H groups in total. The van der Waals surface area contributed by atoms with Crippen LogP contribution in [0, 0.1) is 0 Å². The lowest BCUT2D eigenvalue weighted by molar-refractivity contribution is -0.121. The minimum absolute atomic E-state index is 0.000817. The van der Waals surface area contributed by atoms with Gasteiger partial charge >= 0.3 is 0 Å². The van der Waals surface area contributed by atoms with Crippen molar-refractivity contribution in [2.24, 2.45) is 7.05 Å². The molecular weight excluding hydrogens is 382 g/mol. The molecular formula is C19H25N3O3S2. The molecule has 0 spiro atoms. The van der Waals surface area contributed by atoms with E-state index in [1.807, 2.05) is 17.8 Å².